The molecule has 3 aliphatic heterocycles. The molecule has 0 bridgehead atoms. The number of urea groups is 1. The smallest absolute Gasteiger partial charge is 0.336 e. The minimum atomic E-state index is -3.75. The molecule has 5 N–H and O–H groups in total. The molecule has 0 spiro atoms. The van der Waals surface area contributed by atoms with E-state index in [9.17, 15) is 51.0 Å². The third-order valence-corrected chi connectivity index (χ3v) is 15.5. The van der Waals surface area contributed by atoms with Gasteiger partial charge in [0.1, 0.15) is 29.3 Å². The van der Waals surface area contributed by atoms with E-state index in [1.807, 2.05) is 0 Å². The Morgan fingerprint density at radius 2 is 1.79 bits per heavy atom. The number of nitrogens with one attached hydrogen (secondary N) is 3. The molecule has 3 atom stereocenters. The Hall–Kier alpha value is -6.30. The van der Waals surface area contributed by atoms with E-state index in [-0.39, 0.29) is 119 Å². The summed E-state index contributed by atoms with van der Waals surface area (Å²) in [5, 5.41) is 38.6. The van der Waals surface area contributed by atoms with E-state index in [1.54, 1.807) is 17.8 Å². The van der Waals surface area contributed by atoms with Gasteiger partial charge in [-0.3, -0.25) is 14.4 Å². The van der Waals surface area contributed by atoms with Crippen molar-refractivity contribution in [1.82, 2.24) is 30.5 Å². The Kier molecular flexibility index (Phi) is 14.8. The molecule has 2 aromatic carbocycles. The summed E-state index contributed by atoms with van der Waals surface area (Å²) in [7, 11) is -7.26. The minimum Gasteiger partial charge on any atom is -0.508 e. The number of phenolic OH excluding ortho intramolecular Hbond substituents is 1. The number of rotatable bonds is 22. The largest absolute Gasteiger partial charge is 0.508 e. The van der Waals surface area contributed by atoms with E-state index in [0.717, 1.165) is 17.6 Å². The quantitative estimate of drug-likeness (QED) is 0.0378. The van der Waals surface area contributed by atoms with Crippen molar-refractivity contribution in [3.05, 3.63) is 94.3 Å². The first-order valence-corrected chi connectivity index (χ1v) is 25.4. The molecule has 3 unspecified atom stereocenters. The number of phenols is 1. The van der Waals surface area contributed by atoms with Crippen LogP contribution in [0.4, 0.5) is 10.5 Å². The minimum absolute atomic E-state index is 0.0231. The second-order valence-electron chi connectivity index (χ2n) is 15.8. The average molecular weight is 966 g/mol. The molecule has 66 heavy (non-hydrogen) atoms. The molecule has 4 amide bonds. The number of anilines is 1. The molecule has 0 radical (unpaired) electrons. The number of amides is 4. The van der Waals surface area contributed by atoms with Gasteiger partial charge in [-0.2, -0.15) is 11.8 Å². The number of unbranched alkanes of at least 4 members (excludes halogenated alkanes) is 1. The van der Waals surface area contributed by atoms with E-state index in [2.05, 4.69) is 32.8 Å². The first-order chi connectivity index (χ1) is 31.5. The van der Waals surface area contributed by atoms with Crippen LogP contribution < -0.4 is 21.4 Å². The number of carboxylic acids is 1. The van der Waals surface area contributed by atoms with Gasteiger partial charge in [-0.15, -0.1) is 5.10 Å². The Morgan fingerprint density at radius 3 is 2.58 bits per heavy atom. The molecule has 2 fully saturated rings. The van der Waals surface area contributed by atoms with Crippen LogP contribution in [0.15, 0.2) is 82.0 Å². The van der Waals surface area contributed by atoms with Gasteiger partial charge in [0.15, 0.2) is 25.1 Å². The molecule has 23 heteroatoms. The predicted molar refractivity (Wildman–Crippen MR) is 245 cm³/mol. The molecule has 20 nitrogen and oxygen atoms in total. The fourth-order valence-electron chi connectivity index (χ4n) is 7.81. The van der Waals surface area contributed by atoms with Crippen LogP contribution in [0.25, 0.3) is 33.4 Å². The van der Waals surface area contributed by atoms with E-state index in [1.165, 1.54) is 64.3 Å². The van der Waals surface area contributed by atoms with Crippen molar-refractivity contribution < 1.29 is 55.4 Å². The molecule has 4 heterocycles. The standard InChI is InChI=1S/C43H47N7O13S3/c1-2-65(58,59)17-14-62-15-18-66(60,61)16-13-49(39(54)6-4-3-5-37-41-34(25-64-37)45-43(57)46-41)22-27-23-50(48-47-27)24-38(53)44-26-7-10-30(33(19-26)42(55)56)40-31-11-8-28(51)20-35(31)63-36-21-29(52)9-12-32(36)40/h2,7-12,19-21,23,34,37,41,51H,1,3-6,13-18,22,24-25H2,(H,44,53)(H,55,56)(H2,45,46,57). The lowest BCUT2D eigenvalue weighted by atomic mass is 9.90. The Morgan fingerprint density at radius 1 is 1.00 bits per heavy atom. The zero-order valence-electron chi connectivity index (χ0n) is 35.4. The number of sulfone groups is 2. The fraction of sp³-hybridized carbons (Fsp3) is 0.372. The van der Waals surface area contributed by atoms with Crippen LogP contribution in [0, 0.1) is 0 Å². The number of thioether (sulfide) groups is 1. The topological polar surface area (TPSA) is 286 Å². The molecule has 350 valence electrons. The van der Waals surface area contributed by atoms with Gasteiger partial charge in [0, 0.05) is 63.7 Å². The van der Waals surface area contributed by atoms with E-state index >= 15 is 0 Å². The first kappa shape index (κ1) is 47.7. The maximum absolute atomic E-state index is 13.6. The number of hydrogen-bond acceptors (Lipinski definition) is 15. The van der Waals surface area contributed by atoms with E-state index in [0.29, 0.717) is 29.4 Å². The Labute approximate surface area is 382 Å². The van der Waals surface area contributed by atoms with Gasteiger partial charge in [0.2, 0.25) is 11.8 Å². The Bertz CT molecular complexity index is 2920. The fourth-order valence-corrected chi connectivity index (χ4v) is 10.9. The van der Waals surface area contributed by atoms with Gasteiger partial charge < -0.3 is 40.2 Å². The van der Waals surface area contributed by atoms with Crippen molar-refractivity contribution >= 4 is 71.9 Å². The lowest BCUT2D eigenvalue weighted by molar-refractivity contribution is -0.131. The second-order valence-corrected chi connectivity index (χ2v) is 21.5. The normalized spacial score (nSPS) is 17.0. The number of carbonyl (C=O) groups excluding carboxylic acids is 3. The van der Waals surface area contributed by atoms with Crippen molar-refractivity contribution in [3.63, 3.8) is 0 Å². The van der Waals surface area contributed by atoms with Crippen LogP contribution in [-0.4, -0.2) is 131 Å². The number of aromatic carboxylic acids is 1. The van der Waals surface area contributed by atoms with Crippen LogP contribution in [-0.2, 0) is 47.1 Å². The summed E-state index contributed by atoms with van der Waals surface area (Å²) in [4.78, 5) is 64.9. The Balaban J connectivity index is 1.000. The number of fused-ring (bicyclic) bond motifs is 3. The lowest BCUT2D eigenvalue weighted by Gasteiger charge is -2.22. The summed E-state index contributed by atoms with van der Waals surface area (Å²) in [6, 6.07) is 12.7. The third-order valence-electron chi connectivity index (χ3n) is 11.1. The van der Waals surface area contributed by atoms with Crippen LogP contribution in [0.1, 0.15) is 41.7 Å². The molecule has 0 saturated carbocycles. The molecule has 1 aliphatic carbocycles. The van der Waals surface area contributed by atoms with Crippen LogP contribution in [0.5, 0.6) is 5.75 Å². The molecule has 4 aliphatic rings. The van der Waals surface area contributed by atoms with Gasteiger partial charge >= 0.3 is 12.0 Å². The van der Waals surface area contributed by atoms with E-state index in [4.69, 9.17) is 9.15 Å². The summed E-state index contributed by atoms with van der Waals surface area (Å²) >= 11 is 1.76. The van der Waals surface area contributed by atoms with Crippen molar-refractivity contribution in [2.75, 3.05) is 48.1 Å². The van der Waals surface area contributed by atoms with Crippen LogP contribution in [0.3, 0.4) is 0 Å². The summed E-state index contributed by atoms with van der Waals surface area (Å²) in [6.07, 6.45) is 3.53. The maximum atomic E-state index is 13.6. The summed E-state index contributed by atoms with van der Waals surface area (Å²) in [5.74, 6) is -2.48. The third kappa shape index (κ3) is 11.9. The highest BCUT2D eigenvalue weighted by Crippen LogP contribution is 2.42. The number of benzene rings is 3. The monoisotopic (exact) mass is 965 g/mol. The van der Waals surface area contributed by atoms with Gasteiger partial charge in [0.05, 0.1) is 60.9 Å². The lowest BCUT2D eigenvalue weighted by Crippen LogP contribution is -2.37. The predicted octanol–water partition coefficient (Wildman–Crippen LogP) is 3.24. The number of carboxylic acid groups (broad SMARTS) is 1. The van der Waals surface area contributed by atoms with Gasteiger partial charge in [-0.25, -0.2) is 31.1 Å². The van der Waals surface area contributed by atoms with Crippen molar-refractivity contribution in [2.24, 2.45) is 0 Å². The number of aromatic hydroxyl groups is 1. The maximum Gasteiger partial charge on any atom is 0.336 e. The number of carbonyl (C=O) groups is 4. The SMILES string of the molecule is C=CS(=O)(=O)CCOCCS(=O)(=O)CCN(Cc1cn(CC(=O)Nc2ccc(-c3c4ccc(=O)cc-4oc4cc(O)ccc34)c(C(=O)O)c2)nn1)C(=O)CCCCC1SCC2NC(=O)NC21. The first-order valence-electron chi connectivity index (χ1n) is 20.8. The van der Waals surface area contributed by atoms with Crippen molar-refractivity contribution in [2.45, 2.75) is 56.1 Å². The zero-order chi connectivity index (χ0) is 47.2. The summed E-state index contributed by atoms with van der Waals surface area (Å²) < 4.78 is 61.5. The molecule has 2 saturated heterocycles. The summed E-state index contributed by atoms with van der Waals surface area (Å²) in [5.41, 5.74) is 1.27. The number of aromatic nitrogens is 3. The van der Waals surface area contributed by atoms with Crippen LogP contribution in [0.2, 0.25) is 0 Å². The highest BCUT2D eigenvalue weighted by Gasteiger charge is 2.42. The van der Waals surface area contributed by atoms with Crippen LogP contribution >= 0.6 is 11.8 Å². The zero-order valence-corrected chi connectivity index (χ0v) is 37.8. The van der Waals surface area contributed by atoms with Gasteiger partial charge in [-0.1, -0.05) is 24.3 Å². The number of ether oxygens (including phenoxy) is 1. The molecular weight excluding hydrogens is 919 g/mol. The second kappa shape index (κ2) is 20.5. The van der Waals surface area contributed by atoms with Gasteiger partial charge in [-0.05, 0) is 54.8 Å². The number of hydrogen-bond donors (Lipinski definition) is 5. The average Bonchev–Trinajstić information content (AvgIpc) is 3.98. The molecule has 1 aromatic heterocycles. The number of nitrogens with zero attached hydrogens (tertiary/aromatic N) is 4. The van der Waals surface area contributed by atoms with E-state index < -0.39 is 43.1 Å². The van der Waals surface area contributed by atoms with Gasteiger partial charge in [0.25, 0.3) is 0 Å². The molecule has 3 aromatic rings. The summed E-state index contributed by atoms with van der Waals surface area (Å²) in [6.45, 7) is 2.11. The van der Waals surface area contributed by atoms with Crippen molar-refractivity contribution in [1.29, 1.82) is 0 Å². The molecule has 7 rings (SSSR count). The highest BCUT2D eigenvalue weighted by atomic mass is 32.2. The molecular formula is C43H47N7O13S3. The highest BCUT2D eigenvalue weighted by molar-refractivity contribution is 8.00. The van der Waals surface area contributed by atoms with Crippen molar-refractivity contribution in [3.8, 4) is 28.2 Å².